The summed E-state index contributed by atoms with van der Waals surface area (Å²) < 4.78 is 18.6. The van der Waals surface area contributed by atoms with E-state index in [0.717, 1.165) is 27.3 Å². The number of carbonyl (C=O) groups excluding carboxylic acids is 2. The van der Waals surface area contributed by atoms with Crippen LogP contribution in [0.2, 0.25) is 0 Å². The average molecular weight is 607 g/mol. The second-order valence-corrected chi connectivity index (χ2v) is 11.9. The average Bonchev–Trinajstić information content (AvgIpc) is 3.63. The van der Waals surface area contributed by atoms with Crippen LogP contribution in [0.15, 0.2) is 53.9 Å². The molecule has 1 unspecified atom stereocenters. The molecule has 2 aromatic carbocycles. The van der Waals surface area contributed by atoms with Gasteiger partial charge in [0.2, 0.25) is 11.8 Å². The summed E-state index contributed by atoms with van der Waals surface area (Å²) in [5.74, 6) is 1.48. The molecular weight excluding hydrogens is 572 g/mol. The van der Waals surface area contributed by atoms with Gasteiger partial charge in [-0.25, -0.2) is 4.68 Å². The molecule has 3 heterocycles. The van der Waals surface area contributed by atoms with Crippen LogP contribution in [0, 0.1) is 13.8 Å². The first-order valence-electron chi connectivity index (χ1n) is 13.5. The molecule has 1 N–H and O–H groups in total. The van der Waals surface area contributed by atoms with Crippen molar-refractivity contribution >= 4 is 40.7 Å². The highest BCUT2D eigenvalue weighted by atomic mass is 32.2. The van der Waals surface area contributed by atoms with Crippen molar-refractivity contribution < 1.29 is 23.8 Å². The number of amides is 2. The number of anilines is 1. The number of aromatic nitrogens is 2. The molecule has 9 nitrogen and oxygen atoms in total. The number of thiophene rings is 1. The van der Waals surface area contributed by atoms with E-state index in [1.54, 1.807) is 37.6 Å². The largest absolute Gasteiger partial charge is 0.496 e. The Morgan fingerprint density at radius 3 is 2.45 bits per heavy atom. The fraction of sp³-hybridized carbons (Fsp3) is 0.323. The molecule has 0 spiro atoms. The van der Waals surface area contributed by atoms with E-state index in [1.165, 1.54) is 11.8 Å². The van der Waals surface area contributed by atoms with Crippen molar-refractivity contribution in [3.63, 3.8) is 0 Å². The van der Waals surface area contributed by atoms with Gasteiger partial charge in [0.1, 0.15) is 29.6 Å². The molecule has 2 aromatic heterocycles. The van der Waals surface area contributed by atoms with Gasteiger partial charge in [0.15, 0.2) is 0 Å². The molecule has 0 fully saturated rings. The fourth-order valence-electron chi connectivity index (χ4n) is 5.08. The summed E-state index contributed by atoms with van der Waals surface area (Å²) in [5.41, 5.74) is 5.06. The summed E-state index contributed by atoms with van der Waals surface area (Å²) in [6.45, 7) is 4.64. The molecule has 2 amide bonds. The third-order valence-electron chi connectivity index (χ3n) is 7.29. The van der Waals surface area contributed by atoms with Crippen LogP contribution >= 0.6 is 23.1 Å². The van der Waals surface area contributed by atoms with Crippen molar-refractivity contribution in [3.05, 3.63) is 75.5 Å². The van der Waals surface area contributed by atoms with E-state index in [9.17, 15) is 9.59 Å². The monoisotopic (exact) mass is 606 g/mol. The number of carbonyl (C=O) groups is 2. The van der Waals surface area contributed by atoms with Crippen molar-refractivity contribution in [2.75, 3.05) is 51.7 Å². The summed E-state index contributed by atoms with van der Waals surface area (Å²) in [4.78, 5) is 29.7. The van der Waals surface area contributed by atoms with E-state index in [0.29, 0.717) is 41.7 Å². The zero-order valence-corrected chi connectivity index (χ0v) is 25.9. The van der Waals surface area contributed by atoms with Gasteiger partial charge < -0.3 is 19.5 Å². The molecule has 0 saturated carbocycles. The third kappa shape index (κ3) is 5.64. The number of aryl methyl sites for hydroxylation is 1. The highest BCUT2D eigenvalue weighted by molar-refractivity contribution is 8.00. The first-order valence-corrected chi connectivity index (χ1v) is 15.4. The summed E-state index contributed by atoms with van der Waals surface area (Å²) in [5, 5.41) is 9.89. The van der Waals surface area contributed by atoms with Gasteiger partial charge in [-0.05, 0) is 54.6 Å². The fourth-order valence-corrected chi connectivity index (χ4v) is 7.25. The maximum atomic E-state index is 13.9. The number of methoxy groups -OCH3 is 3. The predicted octanol–water partition coefficient (Wildman–Crippen LogP) is 5.17. The number of thioether (sulfide) groups is 1. The van der Waals surface area contributed by atoms with E-state index < -0.39 is 0 Å². The lowest BCUT2D eigenvalue weighted by molar-refractivity contribution is -0.123. The smallest absolute Gasteiger partial charge is 0.240 e. The minimum atomic E-state index is -0.281. The van der Waals surface area contributed by atoms with Crippen LogP contribution in [0.3, 0.4) is 0 Å². The zero-order valence-electron chi connectivity index (χ0n) is 24.3. The van der Waals surface area contributed by atoms with Gasteiger partial charge in [-0.3, -0.25) is 14.5 Å². The number of rotatable bonds is 10. The van der Waals surface area contributed by atoms with E-state index in [2.05, 4.69) is 11.4 Å². The molecule has 1 atom stereocenters. The Hall–Kier alpha value is -3.80. The van der Waals surface area contributed by atoms with Crippen LogP contribution in [0.1, 0.15) is 26.8 Å². The Balaban J connectivity index is 1.84. The minimum absolute atomic E-state index is 0.160. The van der Waals surface area contributed by atoms with Crippen molar-refractivity contribution in [3.8, 4) is 28.4 Å². The molecule has 42 heavy (non-hydrogen) atoms. The van der Waals surface area contributed by atoms with Gasteiger partial charge in [-0.1, -0.05) is 24.3 Å². The quantitative estimate of drug-likeness (QED) is 0.249. The maximum Gasteiger partial charge on any atom is 0.240 e. The second kappa shape index (κ2) is 13.0. The van der Waals surface area contributed by atoms with Gasteiger partial charge in [-0.15, -0.1) is 23.1 Å². The molecule has 0 saturated heterocycles. The zero-order chi connectivity index (χ0) is 29.8. The molecule has 0 aliphatic carbocycles. The topological polar surface area (TPSA) is 94.9 Å². The van der Waals surface area contributed by atoms with E-state index in [1.807, 2.05) is 66.4 Å². The lowest BCUT2D eigenvalue weighted by Crippen LogP contribution is -2.43. The molecule has 0 bridgehead atoms. The number of ether oxygens (including phenoxy) is 3. The second-order valence-electron chi connectivity index (χ2n) is 9.78. The summed E-state index contributed by atoms with van der Waals surface area (Å²) in [6.07, 6.45) is 0. The van der Waals surface area contributed by atoms with Gasteiger partial charge >= 0.3 is 0 Å². The minimum Gasteiger partial charge on any atom is -0.496 e. The number of hydrogen-bond donors (Lipinski definition) is 1. The molecule has 5 rings (SSSR count). The van der Waals surface area contributed by atoms with Gasteiger partial charge in [-0.2, -0.15) is 5.10 Å². The number of benzene rings is 2. The van der Waals surface area contributed by atoms with E-state index in [-0.39, 0.29) is 29.4 Å². The highest BCUT2D eigenvalue weighted by Crippen LogP contribution is 2.52. The summed E-state index contributed by atoms with van der Waals surface area (Å²) in [6, 6.07) is 15.7. The molecule has 0 radical (unpaired) electrons. The molecular formula is C31H34N4O5S2. The number of nitrogens with zero attached hydrogens (tertiary/aromatic N) is 3. The maximum absolute atomic E-state index is 13.9. The Bertz CT molecular complexity index is 1560. The first-order chi connectivity index (χ1) is 20.4. The number of fused-ring (bicyclic) bond motifs is 1. The normalized spacial score (nSPS) is 14.8. The van der Waals surface area contributed by atoms with Gasteiger partial charge in [0, 0.05) is 24.1 Å². The van der Waals surface area contributed by atoms with Crippen molar-refractivity contribution in [2.24, 2.45) is 0 Å². The van der Waals surface area contributed by atoms with Gasteiger partial charge in [0.05, 0.1) is 43.1 Å². The predicted molar refractivity (Wildman–Crippen MR) is 167 cm³/mol. The molecule has 1 aliphatic heterocycles. The molecule has 1 aliphatic rings. The van der Waals surface area contributed by atoms with Gasteiger partial charge in [0.25, 0.3) is 0 Å². The Morgan fingerprint density at radius 2 is 1.79 bits per heavy atom. The molecule has 11 heteroatoms. The lowest BCUT2D eigenvalue weighted by Gasteiger charge is -2.24. The van der Waals surface area contributed by atoms with E-state index >= 15 is 0 Å². The number of nitrogens with one attached hydrogen (secondary N) is 1. The van der Waals surface area contributed by atoms with Crippen LogP contribution in [0.5, 0.6) is 11.5 Å². The highest BCUT2D eigenvalue weighted by Gasteiger charge is 2.39. The van der Waals surface area contributed by atoms with Crippen LogP contribution in [-0.4, -0.2) is 68.4 Å². The SMILES string of the molecule is COCCNC(=O)CN1C(=O)CSC(c2cccs2)c2c(-c3c(OC)cccc3OC)nn(-c3cccc(C)c3C)c21. The van der Waals surface area contributed by atoms with Crippen LogP contribution in [0.4, 0.5) is 5.82 Å². The lowest BCUT2D eigenvalue weighted by atomic mass is 10.0. The van der Waals surface area contributed by atoms with Crippen LogP contribution in [0.25, 0.3) is 16.9 Å². The van der Waals surface area contributed by atoms with Crippen molar-refractivity contribution in [1.29, 1.82) is 0 Å². The third-order valence-corrected chi connectivity index (χ3v) is 9.61. The van der Waals surface area contributed by atoms with Crippen LogP contribution in [-0.2, 0) is 14.3 Å². The van der Waals surface area contributed by atoms with Crippen molar-refractivity contribution in [1.82, 2.24) is 15.1 Å². The Labute approximate surface area is 253 Å². The summed E-state index contributed by atoms with van der Waals surface area (Å²) in [7, 11) is 4.81. The Kier molecular flexibility index (Phi) is 9.20. The Morgan fingerprint density at radius 1 is 1.05 bits per heavy atom. The standard InChI is InChI=1S/C31H34N4O5S2/c1-19-9-6-10-21(20(19)2)35-31-28(29(33-35)27-22(39-4)11-7-12-23(27)40-5)30(24-13-8-16-41-24)42-18-26(37)34(31)17-25(36)32-14-15-38-3/h6-13,16,30H,14-15,17-18H2,1-5H3,(H,32,36). The first kappa shape index (κ1) is 29.7. The molecule has 4 aromatic rings. The molecule has 220 valence electrons. The van der Waals surface area contributed by atoms with Crippen LogP contribution < -0.4 is 19.7 Å². The van der Waals surface area contributed by atoms with Crippen molar-refractivity contribution in [2.45, 2.75) is 19.1 Å². The summed E-state index contributed by atoms with van der Waals surface area (Å²) >= 11 is 3.15. The van der Waals surface area contributed by atoms with E-state index in [4.69, 9.17) is 19.3 Å². The number of hydrogen-bond acceptors (Lipinski definition) is 8.